The van der Waals surface area contributed by atoms with Crippen LogP contribution in [0, 0.1) is 11.3 Å². The molecule has 0 atom stereocenters. The van der Waals surface area contributed by atoms with Crippen LogP contribution >= 0.6 is 0 Å². The molecule has 4 nitrogen and oxygen atoms in total. The maximum Gasteiger partial charge on any atom is 0.0868 e. The second-order valence-electron chi connectivity index (χ2n) is 4.84. The SMILES string of the molecule is Cn1cc(CCN(CC#N)C2CCCC2)cn1. The first-order valence-corrected chi connectivity index (χ1v) is 6.38. The van der Waals surface area contributed by atoms with Gasteiger partial charge in [0.15, 0.2) is 0 Å². The summed E-state index contributed by atoms with van der Waals surface area (Å²) < 4.78 is 1.83. The monoisotopic (exact) mass is 232 g/mol. The van der Waals surface area contributed by atoms with Crippen LogP contribution < -0.4 is 0 Å². The Morgan fingerprint density at radius 3 is 2.88 bits per heavy atom. The number of nitrogens with zero attached hydrogens (tertiary/aromatic N) is 4. The van der Waals surface area contributed by atoms with Gasteiger partial charge in [0.1, 0.15) is 0 Å². The molecular formula is C13H20N4. The Bertz CT molecular complexity index is 384. The third kappa shape index (κ3) is 3.31. The average molecular weight is 232 g/mol. The zero-order valence-electron chi connectivity index (χ0n) is 10.5. The van der Waals surface area contributed by atoms with E-state index in [4.69, 9.17) is 5.26 Å². The van der Waals surface area contributed by atoms with Crippen molar-refractivity contribution in [2.75, 3.05) is 13.1 Å². The van der Waals surface area contributed by atoms with E-state index >= 15 is 0 Å². The van der Waals surface area contributed by atoms with Gasteiger partial charge in [-0.25, -0.2) is 0 Å². The first-order valence-electron chi connectivity index (χ1n) is 6.38. The van der Waals surface area contributed by atoms with Crippen molar-refractivity contribution in [3.05, 3.63) is 18.0 Å². The molecule has 0 saturated heterocycles. The molecule has 1 aromatic rings. The van der Waals surface area contributed by atoms with Crippen molar-refractivity contribution in [3.63, 3.8) is 0 Å². The van der Waals surface area contributed by atoms with Gasteiger partial charge in [0.25, 0.3) is 0 Å². The molecular weight excluding hydrogens is 212 g/mol. The van der Waals surface area contributed by atoms with E-state index in [1.807, 2.05) is 17.9 Å². The second kappa shape index (κ2) is 5.83. The molecule has 0 aromatic carbocycles. The van der Waals surface area contributed by atoms with E-state index in [-0.39, 0.29) is 0 Å². The second-order valence-corrected chi connectivity index (χ2v) is 4.84. The van der Waals surface area contributed by atoms with Gasteiger partial charge in [-0.1, -0.05) is 12.8 Å². The third-order valence-corrected chi connectivity index (χ3v) is 3.56. The molecule has 1 heterocycles. The zero-order valence-corrected chi connectivity index (χ0v) is 10.5. The summed E-state index contributed by atoms with van der Waals surface area (Å²) in [4.78, 5) is 2.33. The van der Waals surface area contributed by atoms with E-state index in [0.717, 1.165) is 13.0 Å². The molecule has 4 heteroatoms. The lowest BCUT2D eigenvalue weighted by atomic mass is 10.1. The van der Waals surface area contributed by atoms with E-state index in [1.165, 1.54) is 31.2 Å². The molecule has 0 aliphatic heterocycles. The Morgan fingerprint density at radius 2 is 2.29 bits per heavy atom. The van der Waals surface area contributed by atoms with Gasteiger partial charge in [-0.2, -0.15) is 10.4 Å². The number of rotatable bonds is 5. The predicted molar refractivity (Wildman–Crippen MR) is 66.4 cm³/mol. The van der Waals surface area contributed by atoms with Crippen LogP contribution in [0.2, 0.25) is 0 Å². The highest BCUT2D eigenvalue weighted by atomic mass is 15.2. The number of aromatic nitrogens is 2. The molecule has 1 aliphatic carbocycles. The number of nitriles is 1. The van der Waals surface area contributed by atoms with Gasteiger partial charge in [0.05, 0.1) is 18.8 Å². The topological polar surface area (TPSA) is 44.9 Å². The molecule has 0 amide bonds. The van der Waals surface area contributed by atoms with Gasteiger partial charge >= 0.3 is 0 Å². The predicted octanol–water partition coefficient (Wildman–Crippen LogP) is 1.73. The van der Waals surface area contributed by atoms with Crippen molar-refractivity contribution >= 4 is 0 Å². The largest absolute Gasteiger partial charge is 0.287 e. The maximum absolute atomic E-state index is 8.89. The molecule has 1 fully saturated rings. The minimum absolute atomic E-state index is 0.560. The van der Waals surface area contributed by atoms with E-state index in [1.54, 1.807) is 0 Å². The molecule has 1 aromatic heterocycles. The fourth-order valence-electron chi connectivity index (χ4n) is 2.62. The normalized spacial score (nSPS) is 16.5. The van der Waals surface area contributed by atoms with Crippen LogP contribution in [0.25, 0.3) is 0 Å². The number of aryl methyl sites for hydroxylation is 1. The highest BCUT2D eigenvalue weighted by Crippen LogP contribution is 2.23. The summed E-state index contributed by atoms with van der Waals surface area (Å²) >= 11 is 0. The Hall–Kier alpha value is -1.34. The number of hydrogen-bond donors (Lipinski definition) is 0. The third-order valence-electron chi connectivity index (χ3n) is 3.56. The summed E-state index contributed by atoms with van der Waals surface area (Å²) in [5, 5.41) is 13.1. The summed E-state index contributed by atoms with van der Waals surface area (Å²) in [6, 6.07) is 2.92. The van der Waals surface area contributed by atoms with E-state index in [2.05, 4.69) is 22.3 Å². The van der Waals surface area contributed by atoms with E-state index in [9.17, 15) is 0 Å². The molecule has 1 aliphatic rings. The van der Waals surface area contributed by atoms with Crippen LogP contribution in [0.4, 0.5) is 0 Å². The highest BCUT2D eigenvalue weighted by molar-refractivity contribution is 5.04. The molecule has 0 bridgehead atoms. The van der Waals surface area contributed by atoms with Crippen LogP contribution in [-0.4, -0.2) is 33.8 Å². The summed E-state index contributed by atoms with van der Waals surface area (Å²) in [5.41, 5.74) is 1.26. The first kappa shape index (κ1) is 12.1. The van der Waals surface area contributed by atoms with E-state index < -0.39 is 0 Å². The standard InChI is InChI=1S/C13H20N4/c1-16-11-12(10-15-16)6-8-17(9-7-14)13-4-2-3-5-13/h10-11,13H,2-6,8-9H2,1H3. The van der Waals surface area contributed by atoms with Crippen LogP contribution in [0.1, 0.15) is 31.2 Å². The number of hydrogen-bond acceptors (Lipinski definition) is 3. The zero-order chi connectivity index (χ0) is 12.1. The summed E-state index contributed by atoms with van der Waals surface area (Å²) in [5.74, 6) is 0. The summed E-state index contributed by atoms with van der Waals surface area (Å²) in [7, 11) is 1.94. The fourth-order valence-corrected chi connectivity index (χ4v) is 2.62. The van der Waals surface area contributed by atoms with Crippen molar-refractivity contribution in [3.8, 4) is 6.07 Å². The van der Waals surface area contributed by atoms with Gasteiger partial charge in [0.2, 0.25) is 0 Å². The van der Waals surface area contributed by atoms with Crippen molar-refractivity contribution in [2.45, 2.75) is 38.1 Å². The Labute approximate surface area is 103 Å². The fraction of sp³-hybridized carbons (Fsp3) is 0.692. The van der Waals surface area contributed by atoms with Gasteiger partial charge in [0, 0.05) is 25.8 Å². The molecule has 0 radical (unpaired) electrons. The van der Waals surface area contributed by atoms with Crippen molar-refractivity contribution < 1.29 is 0 Å². The highest BCUT2D eigenvalue weighted by Gasteiger charge is 2.21. The molecule has 0 N–H and O–H groups in total. The smallest absolute Gasteiger partial charge is 0.0868 e. The molecule has 1 saturated carbocycles. The van der Waals surface area contributed by atoms with Crippen LogP contribution in [0.3, 0.4) is 0 Å². The minimum Gasteiger partial charge on any atom is -0.287 e. The Balaban J connectivity index is 1.87. The average Bonchev–Trinajstić information content (AvgIpc) is 2.95. The molecule has 0 spiro atoms. The maximum atomic E-state index is 8.89. The van der Waals surface area contributed by atoms with Crippen molar-refractivity contribution in [2.24, 2.45) is 7.05 Å². The van der Waals surface area contributed by atoms with Crippen molar-refractivity contribution in [1.29, 1.82) is 5.26 Å². The minimum atomic E-state index is 0.560. The van der Waals surface area contributed by atoms with Gasteiger partial charge in [-0.3, -0.25) is 9.58 Å². The lowest BCUT2D eigenvalue weighted by Crippen LogP contribution is -2.35. The van der Waals surface area contributed by atoms with Crippen LogP contribution in [0.15, 0.2) is 12.4 Å². The van der Waals surface area contributed by atoms with Gasteiger partial charge < -0.3 is 0 Å². The Kier molecular flexibility index (Phi) is 4.16. The van der Waals surface area contributed by atoms with Gasteiger partial charge in [-0.15, -0.1) is 0 Å². The van der Waals surface area contributed by atoms with Crippen LogP contribution in [0.5, 0.6) is 0 Å². The summed E-state index contributed by atoms with van der Waals surface area (Å²) in [6.45, 7) is 1.54. The Morgan fingerprint density at radius 1 is 1.53 bits per heavy atom. The molecule has 2 rings (SSSR count). The molecule has 92 valence electrons. The van der Waals surface area contributed by atoms with E-state index in [0.29, 0.717) is 12.6 Å². The van der Waals surface area contributed by atoms with Crippen molar-refractivity contribution in [1.82, 2.24) is 14.7 Å². The van der Waals surface area contributed by atoms with Crippen LogP contribution in [-0.2, 0) is 13.5 Å². The van der Waals surface area contributed by atoms with Gasteiger partial charge in [-0.05, 0) is 24.8 Å². The first-order chi connectivity index (χ1) is 8.29. The quantitative estimate of drug-likeness (QED) is 0.726. The summed E-state index contributed by atoms with van der Waals surface area (Å²) in [6.07, 6.45) is 10.1. The lowest BCUT2D eigenvalue weighted by molar-refractivity contribution is 0.225. The lowest BCUT2D eigenvalue weighted by Gasteiger charge is -2.25. The molecule has 0 unspecified atom stereocenters. The molecule has 17 heavy (non-hydrogen) atoms.